The minimum Gasteiger partial charge on any atom is -1.00 e. The van der Waals surface area contributed by atoms with Gasteiger partial charge in [0, 0.05) is 0 Å². The Balaban J connectivity index is 0. The van der Waals surface area contributed by atoms with Crippen LogP contribution in [0.4, 0.5) is 0 Å². The molecule has 1 nitrogen and oxygen atoms in total. The molecule has 0 aliphatic rings. The summed E-state index contributed by atoms with van der Waals surface area (Å²) in [6.45, 7) is 0. The number of halogens is 1. The van der Waals surface area contributed by atoms with Crippen molar-refractivity contribution in [3.05, 3.63) is 0 Å². The van der Waals surface area contributed by atoms with E-state index < -0.39 is 0 Å². The van der Waals surface area contributed by atoms with Gasteiger partial charge in [0.2, 0.25) is 0 Å². The van der Waals surface area contributed by atoms with Crippen molar-refractivity contribution in [3.8, 4) is 0 Å². The average Bonchev–Trinajstić information content (AvgIpc) is 0. The maximum absolute atomic E-state index is 0. The molecule has 0 aliphatic carbocycles. The molecule has 0 heterocycles. The Hall–Kier alpha value is 1.42. The topological polar surface area (TPSA) is 30.0 Å². The summed E-state index contributed by atoms with van der Waals surface area (Å²) < 4.78 is 0. The number of rotatable bonds is 0. The van der Waals surface area contributed by atoms with Crippen LogP contribution < -0.4 is 4.70 Å². The summed E-state index contributed by atoms with van der Waals surface area (Å²) in [5, 5.41) is 0. The molecule has 0 atom stereocenters. The van der Waals surface area contributed by atoms with Crippen LogP contribution in [0.5, 0.6) is 0 Å². The van der Waals surface area contributed by atoms with Crippen molar-refractivity contribution in [2.24, 2.45) is 0 Å². The standard InChI is InChI=1S/FH.2Mg.H2O/h1H;;;1H2/q;2*+2;/p-2. The van der Waals surface area contributed by atoms with Crippen LogP contribution in [0.1, 0.15) is 0 Å². The van der Waals surface area contributed by atoms with E-state index >= 15 is 0 Å². The summed E-state index contributed by atoms with van der Waals surface area (Å²) >= 11 is 0. The minimum absolute atomic E-state index is 0. The van der Waals surface area contributed by atoms with Gasteiger partial charge in [-0.05, 0) is 0 Å². The van der Waals surface area contributed by atoms with Crippen LogP contribution in [0.15, 0.2) is 0 Å². The van der Waals surface area contributed by atoms with E-state index in [9.17, 15) is 0 Å². The molecule has 4 heteroatoms. The fourth-order valence-corrected chi connectivity index (χ4v) is 0. The predicted octanol–water partition coefficient (Wildman–Crippen LogP) is -3.93. The Morgan fingerprint density at radius 2 is 0.750 bits per heavy atom. The third kappa shape index (κ3) is 9.93. The molecule has 0 aromatic carbocycles. The van der Waals surface area contributed by atoms with Gasteiger partial charge >= 0.3 is 46.1 Å². The van der Waals surface area contributed by atoms with Gasteiger partial charge < -0.3 is 10.2 Å². The Labute approximate surface area is 56.1 Å². The van der Waals surface area contributed by atoms with Crippen molar-refractivity contribution in [2.75, 3.05) is 0 Å². The van der Waals surface area contributed by atoms with Crippen LogP contribution in [0.25, 0.3) is 0 Å². The molecule has 0 amide bonds. The monoisotopic (exact) mass is 84.0 g/mol. The molecule has 0 saturated heterocycles. The van der Waals surface area contributed by atoms with Gasteiger partial charge in [0.15, 0.2) is 0 Å². The summed E-state index contributed by atoms with van der Waals surface area (Å²) in [4.78, 5) is 0. The summed E-state index contributed by atoms with van der Waals surface area (Å²) in [6, 6.07) is 0. The van der Waals surface area contributed by atoms with Crippen LogP contribution in [0.2, 0.25) is 0 Å². The molecule has 0 unspecified atom stereocenters. The zero-order valence-electron chi connectivity index (χ0n) is 2.24. The normalized spacial score (nSPS) is 0. The molecule has 0 saturated carbocycles. The second-order valence-electron chi connectivity index (χ2n) is 0. The summed E-state index contributed by atoms with van der Waals surface area (Å²) in [6.07, 6.45) is 0. The van der Waals surface area contributed by atoms with Crippen molar-refractivity contribution >= 4 is 46.1 Å². The van der Waals surface area contributed by atoms with Gasteiger partial charge in [0.1, 0.15) is 0 Å². The van der Waals surface area contributed by atoms with E-state index in [1.807, 2.05) is 0 Å². The first kappa shape index (κ1) is 52.4. The van der Waals surface area contributed by atoms with Crippen molar-refractivity contribution in [1.82, 2.24) is 0 Å². The number of hydrogen-bond acceptors (Lipinski definition) is 1. The molecule has 0 spiro atoms. The summed E-state index contributed by atoms with van der Waals surface area (Å²) in [7, 11) is 0. The van der Waals surface area contributed by atoms with Crippen molar-refractivity contribution in [1.29, 1.82) is 0 Å². The maximum atomic E-state index is 0. The molecule has 0 fully saturated rings. The Morgan fingerprint density at radius 3 is 0.750 bits per heavy atom. The molecule has 0 radical (unpaired) electrons. The second kappa shape index (κ2) is 25.6. The molecule has 0 aromatic heterocycles. The van der Waals surface area contributed by atoms with E-state index in [0.29, 0.717) is 0 Å². The van der Waals surface area contributed by atoms with Gasteiger partial charge in [0.05, 0.1) is 0 Å². The molecule has 4 heavy (non-hydrogen) atoms. The van der Waals surface area contributed by atoms with Crippen LogP contribution in [-0.2, 0) is 0 Å². The molecule has 1 N–H and O–H groups in total. The number of hydrogen-bond donors (Lipinski definition) is 0. The first-order valence-corrected chi connectivity index (χ1v) is 0. The van der Waals surface area contributed by atoms with Gasteiger partial charge in [-0.25, -0.2) is 0 Å². The van der Waals surface area contributed by atoms with Crippen LogP contribution in [-0.4, -0.2) is 51.6 Å². The van der Waals surface area contributed by atoms with E-state index in [1.54, 1.807) is 0 Å². The SMILES string of the molecule is [F-].[Mg+2].[Mg+2].[OH-]. The van der Waals surface area contributed by atoms with E-state index in [4.69, 9.17) is 0 Å². The van der Waals surface area contributed by atoms with Gasteiger partial charge in [-0.1, -0.05) is 0 Å². The predicted molar refractivity (Wildman–Crippen MR) is 13.4 cm³/mol. The first-order chi connectivity index (χ1) is 0. The van der Waals surface area contributed by atoms with E-state index in [1.165, 1.54) is 0 Å². The quantitative estimate of drug-likeness (QED) is 0.276. The van der Waals surface area contributed by atoms with Gasteiger partial charge in [-0.2, -0.15) is 0 Å². The van der Waals surface area contributed by atoms with E-state index in [-0.39, 0.29) is 56.3 Å². The first-order valence-electron chi connectivity index (χ1n) is 0. The van der Waals surface area contributed by atoms with Gasteiger partial charge in [-0.15, -0.1) is 0 Å². The second-order valence-corrected chi connectivity index (χ2v) is 0. The van der Waals surface area contributed by atoms with E-state index in [2.05, 4.69) is 0 Å². The Bertz CT molecular complexity index is 6.00. The molecule has 0 aliphatic heterocycles. The van der Waals surface area contributed by atoms with Crippen LogP contribution in [0.3, 0.4) is 0 Å². The van der Waals surface area contributed by atoms with Crippen molar-refractivity contribution in [3.63, 3.8) is 0 Å². The smallest absolute Gasteiger partial charge is 1.00 e. The average molecular weight is 84.6 g/mol. The zero-order chi connectivity index (χ0) is 0. The van der Waals surface area contributed by atoms with Gasteiger partial charge in [-0.3, -0.25) is 0 Å². The summed E-state index contributed by atoms with van der Waals surface area (Å²) in [5.41, 5.74) is 0. The zero-order valence-corrected chi connectivity index (χ0v) is 5.07. The molecule has 0 rings (SSSR count). The largest absolute Gasteiger partial charge is 2.00 e. The molecule has 16 valence electrons. The Morgan fingerprint density at radius 1 is 0.750 bits per heavy atom. The summed E-state index contributed by atoms with van der Waals surface area (Å²) in [5.74, 6) is 0. The molecular weight excluding hydrogens is 83.6 g/mol. The van der Waals surface area contributed by atoms with Crippen molar-refractivity contribution in [2.45, 2.75) is 0 Å². The maximum Gasteiger partial charge on any atom is 2.00 e. The molecule has 0 bridgehead atoms. The van der Waals surface area contributed by atoms with Crippen molar-refractivity contribution < 1.29 is 10.2 Å². The molecule has 0 aromatic rings. The molecular formula is HFMg2O+2. The Kier molecular flexibility index (Phi) is 335. The van der Waals surface area contributed by atoms with Gasteiger partial charge in [0.25, 0.3) is 0 Å². The minimum atomic E-state index is 0. The fraction of sp³-hybridized carbons (Fsp3) is 0. The third-order valence-corrected chi connectivity index (χ3v) is 0. The van der Waals surface area contributed by atoms with Crippen LogP contribution in [0, 0.1) is 0 Å². The van der Waals surface area contributed by atoms with Crippen LogP contribution >= 0.6 is 0 Å². The van der Waals surface area contributed by atoms with E-state index in [0.717, 1.165) is 0 Å². The third-order valence-electron chi connectivity index (χ3n) is 0. The fourth-order valence-electron chi connectivity index (χ4n) is 0.